The maximum absolute atomic E-state index is 3.06. The Labute approximate surface area is 489 Å². The van der Waals surface area contributed by atoms with Gasteiger partial charge in [0.2, 0.25) is 0 Å². The summed E-state index contributed by atoms with van der Waals surface area (Å²) in [6, 6.07) is 78.0. The molecule has 0 fully saturated rings. The Hall–Kier alpha value is -3.92. The molecular formula is C64H64Cl4Si2Zr2-8. The van der Waals surface area contributed by atoms with Gasteiger partial charge in [-0.05, 0) is 11.1 Å². The molecule has 72 heavy (non-hydrogen) atoms. The van der Waals surface area contributed by atoms with Crippen LogP contribution in [0.1, 0.15) is 22.3 Å². The first-order valence-electron chi connectivity index (χ1n) is 21.4. The predicted octanol–water partition coefficient (Wildman–Crippen LogP) is 19.8. The number of hydrogen-bond acceptors (Lipinski definition) is 0. The van der Waals surface area contributed by atoms with Crippen molar-refractivity contribution >= 4 is 128 Å². The number of halogens is 4. The number of aryl methyl sites for hydroxylation is 4. The molecule has 12 rings (SSSR count). The second kappa shape index (κ2) is 34.5. The molecule has 0 aliphatic rings. The van der Waals surface area contributed by atoms with Gasteiger partial charge in [-0.3, -0.25) is 0 Å². The van der Waals surface area contributed by atoms with Crippen molar-refractivity contribution in [3.05, 3.63) is 270 Å². The Kier molecular flexibility index (Phi) is 33.7. The minimum atomic E-state index is 0. The van der Waals surface area contributed by atoms with E-state index in [0.717, 1.165) is 0 Å². The average Bonchev–Trinajstić information content (AvgIpc) is 4.14. The van der Waals surface area contributed by atoms with Gasteiger partial charge in [0.25, 0.3) is 0 Å². The van der Waals surface area contributed by atoms with Crippen molar-refractivity contribution in [3.63, 3.8) is 0 Å². The summed E-state index contributed by atoms with van der Waals surface area (Å²) < 4.78 is 0. The molecule has 372 valence electrons. The summed E-state index contributed by atoms with van der Waals surface area (Å²) >= 11 is 2.71. The molecule has 8 heteroatoms. The van der Waals surface area contributed by atoms with E-state index in [1.807, 2.05) is 0 Å². The van der Waals surface area contributed by atoms with Gasteiger partial charge in [0.1, 0.15) is 0 Å². The van der Waals surface area contributed by atoms with Crippen LogP contribution in [0.5, 0.6) is 0 Å². The third kappa shape index (κ3) is 17.1. The quantitative estimate of drug-likeness (QED) is 0.120. The van der Waals surface area contributed by atoms with Crippen LogP contribution in [-0.2, 0) is 46.7 Å². The first-order valence-corrected chi connectivity index (χ1v) is 29.8. The second-order valence-corrected chi connectivity index (χ2v) is 16.1. The molecule has 4 radical (unpaired) electrons. The Morgan fingerprint density at radius 1 is 0.292 bits per heavy atom. The molecule has 0 aliphatic carbocycles. The predicted molar refractivity (Wildman–Crippen MR) is 329 cm³/mol. The van der Waals surface area contributed by atoms with Crippen LogP contribution >= 0.6 is 49.6 Å². The van der Waals surface area contributed by atoms with Crippen molar-refractivity contribution in [2.45, 2.75) is 27.7 Å². The summed E-state index contributed by atoms with van der Waals surface area (Å²) in [6.07, 6.45) is 0. The number of benzene rings is 8. The molecule has 0 saturated carbocycles. The van der Waals surface area contributed by atoms with Gasteiger partial charge in [-0.2, -0.15) is 24.3 Å². The number of fused-ring (bicyclic) bond motifs is 8. The molecule has 0 heterocycles. The monoisotopic (exact) mass is 1210 g/mol. The molecule has 0 aromatic heterocycles. The fourth-order valence-corrected chi connectivity index (χ4v) is 8.74. The van der Waals surface area contributed by atoms with E-state index in [1.54, 1.807) is 0 Å². The van der Waals surface area contributed by atoms with Crippen molar-refractivity contribution in [1.82, 2.24) is 0 Å². The van der Waals surface area contributed by atoms with Gasteiger partial charge in [0.15, 0.2) is 0 Å². The van der Waals surface area contributed by atoms with Crippen LogP contribution in [0.3, 0.4) is 0 Å². The van der Waals surface area contributed by atoms with Crippen molar-refractivity contribution in [2.24, 2.45) is 0 Å². The van der Waals surface area contributed by atoms with E-state index < -0.39 is 0 Å². The molecule has 0 bridgehead atoms. The Morgan fingerprint density at radius 2 is 0.597 bits per heavy atom. The topological polar surface area (TPSA) is 0 Å². The number of rotatable bonds is 2. The van der Waals surface area contributed by atoms with Crippen LogP contribution in [0.15, 0.2) is 218 Å². The van der Waals surface area contributed by atoms with Gasteiger partial charge in [0, 0.05) is 0 Å². The standard InChI is InChI=1S/2C16H13.2C14H11.4CH3.4ClH.2Si.2Zr/c2*1-12-10-14-8-5-9-15(16(14)11-12)13-6-3-2-4-7-13;2*1-10-8-12-7-6-11-4-2-3-5-13(11)14(12)9-10;;;;;;;;;;;;/h2*2-11H,1H3;2*2-9H,1H3;4*1H3;4*1H;;;;/q8*-1;;;;;;;;. The van der Waals surface area contributed by atoms with Crippen LogP contribution in [0.4, 0.5) is 0 Å². The summed E-state index contributed by atoms with van der Waals surface area (Å²) in [5, 5.41) is 16.2. The van der Waals surface area contributed by atoms with Crippen molar-refractivity contribution in [2.75, 3.05) is 0 Å². The van der Waals surface area contributed by atoms with E-state index in [1.165, 1.54) is 156 Å². The van der Waals surface area contributed by atoms with E-state index >= 15 is 0 Å². The molecule has 0 spiro atoms. The Balaban J connectivity index is 0. The van der Waals surface area contributed by atoms with Gasteiger partial charge < -0.3 is 29.7 Å². The van der Waals surface area contributed by atoms with Gasteiger partial charge in [-0.15, -0.1) is 176 Å². The zero-order valence-electron chi connectivity index (χ0n) is 42.4. The minimum absolute atomic E-state index is 0. The SMILES string of the molecule is Cc1cc2c(-c3ccccc3)cccc2[cH-]1.Cc1cc2c(-c3ccccc3)cccc2[cH-]1.Cc1cc2ccc3ccccc3c2[cH-]1.Cc1cc2ccc3ccccc3c2[cH-]1.Cl.Cl.Cl.Cl.[CH3-].[CH3-].[CH3-].[CH3-].[Si]=[Zr].[Si]=[Zr]. The fraction of sp³-hybridized carbons (Fsp3) is 0.0625. The van der Waals surface area contributed by atoms with Gasteiger partial charge in [-0.1, -0.05) is 194 Å². The summed E-state index contributed by atoms with van der Waals surface area (Å²) in [6.45, 7) is 14.7. The van der Waals surface area contributed by atoms with Gasteiger partial charge >= 0.3 is 60.4 Å². The van der Waals surface area contributed by atoms with Crippen LogP contribution < -0.4 is 0 Å². The normalized spacial score (nSPS) is 9.25. The summed E-state index contributed by atoms with van der Waals surface area (Å²) in [7, 11) is 0. The van der Waals surface area contributed by atoms with Gasteiger partial charge in [0.05, 0.1) is 0 Å². The third-order valence-corrected chi connectivity index (χ3v) is 11.5. The maximum atomic E-state index is 3.06. The molecule has 0 atom stereocenters. The molecule has 0 unspecified atom stereocenters. The zero-order valence-corrected chi connectivity index (χ0v) is 52.6. The summed E-state index contributed by atoms with van der Waals surface area (Å²) in [5.41, 5.74) is 10.6. The van der Waals surface area contributed by atoms with Crippen LogP contribution in [-0.4, -0.2) is 13.8 Å². The van der Waals surface area contributed by atoms with Crippen LogP contribution in [0, 0.1) is 57.4 Å². The third-order valence-electron chi connectivity index (χ3n) is 11.5. The van der Waals surface area contributed by atoms with Crippen molar-refractivity contribution in [1.29, 1.82) is 0 Å². The molecule has 12 aromatic carbocycles. The Morgan fingerprint density at radius 3 is 0.958 bits per heavy atom. The van der Waals surface area contributed by atoms with Gasteiger partial charge in [-0.25, -0.2) is 0 Å². The van der Waals surface area contributed by atoms with Crippen LogP contribution in [0.25, 0.3) is 86.9 Å². The molecule has 0 N–H and O–H groups in total. The van der Waals surface area contributed by atoms with E-state index in [0.29, 0.717) is 0 Å². The molecular weight excluding hydrogens is 1150 g/mol. The molecule has 0 aliphatic heterocycles. The van der Waals surface area contributed by atoms with E-state index in [-0.39, 0.29) is 79.3 Å². The molecule has 0 amide bonds. The average molecular weight is 1210 g/mol. The molecule has 0 nitrogen and oxygen atoms in total. The first-order chi connectivity index (χ1) is 31.4. The second-order valence-electron chi connectivity index (χ2n) is 16.1. The zero-order chi connectivity index (χ0) is 45.0. The Bertz CT molecular complexity index is 3190. The van der Waals surface area contributed by atoms with E-state index in [2.05, 4.69) is 260 Å². The van der Waals surface area contributed by atoms with E-state index in [9.17, 15) is 0 Å². The fourth-order valence-electron chi connectivity index (χ4n) is 8.74. The molecule has 12 aromatic rings. The van der Waals surface area contributed by atoms with Crippen molar-refractivity contribution < 1.29 is 46.7 Å². The number of hydrogen-bond donors (Lipinski definition) is 0. The molecule has 0 saturated heterocycles. The van der Waals surface area contributed by atoms with E-state index in [4.69, 9.17) is 0 Å². The summed E-state index contributed by atoms with van der Waals surface area (Å²) in [5.74, 6) is 0. The first kappa shape index (κ1) is 70.2. The van der Waals surface area contributed by atoms with Crippen molar-refractivity contribution in [3.8, 4) is 22.3 Å². The van der Waals surface area contributed by atoms with Crippen LogP contribution in [0.2, 0.25) is 0 Å². The summed E-state index contributed by atoms with van der Waals surface area (Å²) in [4.78, 5) is 0.